The molecule has 0 fully saturated rings. The number of aliphatic hydroxyl groups is 1. The molecule has 0 radical (unpaired) electrons. The molecular formula is C83H76N4O7. The Kier molecular flexibility index (Phi) is 18.1. The van der Waals surface area contributed by atoms with Crippen LogP contribution in [0.1, 0.15) is 106 Å². The van der Waals surface area contributed by atoms with Gasteiger partial charge in [-0.15, -0.1) is 0 Å². The zero-order valence-electron chi connectivity index (χ0n) is 54.4. The number of ether oxygens (including phenoxy) is 6. The van der Waals surface area contributed by atoms with Gasteiger partial charge in [0.25, 0.3) is 0 Å². The highest BCUT2D eigenvalue weighted by Crippen LogP contribution is 2.38. The Morgan fingerprint density at radius 2 is 0.585 bits per heavy atom. The van der Waals surface area contributed by atoms with Crippen LogP contribution in [0.2, 0.25) is 0 Å². The summed E-state index contributed by atoms with van der Waals surface area (Å²) < 4.78 is 40.3. The predicted octanol–water partition coefficient (Wildman–Crippen LogP) is 19.4. The second-order valence-corrected chi connectivity index (χ2v) is 25.1. The second-order valence-electron chi connectivity index (χ2n) is 25.1. The topological polar surface area (TPSA) is 133 Å². The summed E-state index contributed by atoms with van der Waals surface area (Å²) in [6, 6.07) is 64.3. The van der Waals surface area contributed by atoms with Gasteiger partial charge in [0.15, 0.2) is 0 Å². The van der Waals surface area contributed by atoms with Crippen LogP contribution in [0.3, 0.4) is 0 Å². The zero-order valence-corrected chi connectivity index (χ0v) is 54.4. The maximum Gasteiger partial charge on any atom is 0.124 e. The number of rotatable bonds is 21. The van der Waals surface area contributed by atoms with Gasteiger partial charge in [0.2, 0.25) is 0 Å². The fourth-order valence-corrected chi connectivity index (χ4v) is 12.7. The van der Waals surface area contributed by atoms with Gasteiger partial charge < -0.3 is 43.5 Å². The standard InChI is InChI=1S/C83H76N4O7/c1-51-21-52(2)26-60(25-51)45-89-72-33-64(34-73(41-72)90-46-61-27-53(3)22-54(4)28-61)49-93-76-37-67(38-77(43-76)94-50-65-35-74(91-47-62-29-55(5)23-56(6)30-62)42-75(36-65)92-48-63-31-57(7)24-58(8)32-63)83-80-19-15-70(86-80)39-68-13-17-78(84-68)82(66-11-9-59(44-88)10-12-66)79-18-14-69(85-79)40-71-16-20-81(83)87-71/h9-43,84,87-88H,44-50H2,1-8H3. The summed E-state index contributed by atoms with van der Waals surface area (Å²) >= 11 is 0. The molecular weight excluding hydrogens is 1160 g/mol. The number of nitrogens with one attached hydrogen (secondary N) is 2. The minimum absolute atomic E-state index is 0.0352. The molecule has 0 aliphatic carbocycles. The van der Waals surface area contributed by atoms with Gasteiger partial charge in [0, 0.05) is 51.4 Å². The van der Waals surface area contributed by atoms with Crippen LogP contribution in [0.5, 0.6) is 34.5 Å². The maximum absolute atomic E-state index is 9.87. The molecule has 8 aromatic carbocycles. The minimum atomic E-state index is -0.0352. The summed E-state index contributed by atoms with van der Waals surface area (Å²) in [5.41, 5.74) is 26.5. The van der Waals surface area contributed by atoms with E-state index < -0.39 is 0 Å². The summed E-state index contributed by atoms with van der Waals surface area (Å²) in [6.45, 7) is 18.7. The Morgan fingerprint density at radius 1 is 0.287 bits per heavy atom. The van der Waals surface area contributed by atoms with E-state index in [2.05, 4.69) is 168 Å². The summed E-state index contributed by atoms with van der Waals surface area (Å²) in [5.74, 6) is 3.79. The lowest BCUT2D eigenvalue weighted by molar-refractivity contribution is 0.276. The molecule has 94 heavy (non-hydrogen) atoms. The first kappa shape index (κ1) is 62.0. The van der Waals surface area contributed by atoms with Crippen molar-refractivity contribution in [2.45, 2.75) is 102 Å². The predicted molar refractivity (Wildman–Crippen MR) is 378 cm³/mol. The largest absolute Gasteiger partial charge is 0.489 e. The number of hydrogen-bond acceptors (Lipinski definition) is 9. The molecule has 0 atom stereocenters. The normalized spacial score (nSPS) is 11.7. The molecule has 0 unspecified atom stereocenters. The monoisotopic (exact) mass is 1240 g/mol. The van der Waals surface area contributed by atoms with Crippen LogP contribution in [0, 0.1) is 55.4 Å². The van der Waals surface area contributed by atoms with Gasteiger partial charge in [-0.05, 0) is 203 Å². The highest BCUT2D eigenvalue weighted by molar-refractivity contribution is 5.93. The first-order valence-electron chi connectivity index (χ1n) is 31.9. The molecule has 2 aliphatic heterocycles. The van der Waals surface area contributed by atoms with Crippen LogP contribution in [0.25, 0.3) is 68.6 Å². The molecule has 5 heterocycles. The van der Waals surface area contributed by atoms with Crippen molar-refractivity contribution in [1.29, 1.82) is 0 Å². The lowest BCUT2D eigenvalue weighted by atomic mass is 10.0. The molecule has 3 aromatic heterocycles. The van der Waals surface area contributed by atoms with E-state index in [1.807, 2.05) is 109 Å². The van der Waals surface area contributed by atoms with E-state index in [1.165, 1.54) is 44.5 Å². The third-order valence-electron chi connectivity index (χ3n) is 16.4. The van der Waals surface area contributed by atoms with Gasteiger partial charge >= 0.3 is 0 Å². The fourth-order valence-electron chi connectivity index (χ4n) is 12.7. The van der Waals surface area contributed by atoms with Crippen molar-refractivity contribution in [1.82, 2.24) is 19.9 Å². The Bertz CT molecular complexity index is 4490. The molecule has 0 saturated heterocycles. The number of benzene rings is 8. The van der Waals surface area contributed by atoms with E-state index in [9.17, 15) is 5.11 Å². The van der Waals surface area contributed by atoms with Crippen LogP contribution < -0.4 is 28.4 Å². The van der Waals surface area contributed by atoms with E-state index in [0.717, 1.165) is 106 Å². The number of nitrogens with zero attached hydrogens (tertiary/aromatic N) is 2. The van der Waals surface area contributed by atoms with Crippen molar-refractivity contribution in [3.63, 3.8) is 0 Å². The molecule has 11 nitrogen and oxygen atoms in total. The maximum atomic E-state index is 9.87. The molecule has 13 rings (SSSR count). The van der Waals surface area contributed by atoms with E-state index in [-0.39, 0.29) is 19.8 Å². The highest BCUT2D eigenvalue weighted by Gasteiger charge is 2.18. The van der Waals surface area contributed by atoms with Crippen molar-refractivity contribution >= 4 is 46.4 Å². The molecule has 470 valence electrons. The SMILES string of the molecule is Cc1cc(C)cc(COc2cc(COc3cc(OCc4cc(OCc5cc(C)cc(C)c5)cc(OCc5cc(C)cc(C)c5)c4)cc(-c4c5nc(cc6ccc([nH]6)c(-c6ccc(CO)cc6)c6nc(cc7ccc4[nH]7)C=C6)C=C5)c3)cc(OCc3cc(C)cc(C)c3)c2)c1. The highest BCUT2D eigenvalue weighted by atomic mass is 16.5. The van der Waals surface area contributed by atoms with Crippen molar-refractivity contribution in [2.24, 2.45) is 0 Å². The van der Waals surface area contributed by atoms with Gasteiger partial charge in [0.1, 0.15) is 74.1 Å². The van der Waals surface area contributed by atoms with Crippen molar-refractivity contribution in [3.8, 4) is 56.8 Å². The molecule has 8 bridgehead atoms. The fraction of sp³-hybridized carbons (Fsp3) is 0.181. The van der Waals surface area contributed by atoms with Crippen molar-refractivity contribution in [3.05, 3.63) is 294 Å². The van der Waals surface area contributed by atoms with E-state index >= 15 is 0 Å². The quantitative estimate of drug-likeness (QED) is 0.0643. The summed E-state index contributed by atoms with van der Waals surface area (Å²) in [4.78, 5) is 17.9. The average molecular weight is 1240 g/mol. The number of H-pyrrole nitrogens is 2. The summed E-state index contributed by atoms with van der Waals surface area (Å²) in [5, 5.41) is 9.87. The lowest BCUT2D eigenvalue weighted by Crippen LogP contribution is -2.03. The zero-order chi connectivity index (χ0) is 64.8. The molecule has 2 aliphatic rings. The van der Waals surface area contributed by atoms with E-state index in [1.54, 1.807) is 0 Å². The van der Waals surface area contributed by atoms with Gasteiger partial charge in [-0.1, -0.05) is 142 Å². The smallest absolute Gasteiger partial charge is 0.124 e. The Hall–Kier alpha value is -10.9. The van der Waals surface area contributed by atoms with Gasteiger partial charge in [-0.3, -0.25) is 0 Å². The third kappa shape index (κ3) is 15.5. The summed E-state index contributed by atoms with van der Waals surface area (Å²) in [7, 11) is 0. The van der Waals surface area contributed by atoms with Crippen LogP contribution in [0.4, 0.5) is 0 Å². The number of hydrogen-bond donors (Lipinski definition) is 3. The molecule has 0 amide bonds. The van der Waals surface area contributed by atoms with Crippen LogP contribution in [0.15, 0.2) is 188 Å². The lowest BCUT2D eigenvalue weighted by Gasteiger charge is -2.16. The van der Waals surface area contributed by atoms with Gasteiger partial charge in [-0.25, -0.2) is 9.97 Å². The molecule has 11 heteroatoms. The van der Waals surface area contributed by atoms with Gasteiger partial charge in [0.05, 0.1) is 29.4 Å². The van der Waals surface area contributed by atoms with Crippen LogP contribution in [-0.4, -0.2) is 25.0 Å². The second kappa shape index (κ2) is 27.5. The van der Waals surface area contributed by atoms with Crippen molar-refractivity contribution in [2.75, 3.05) is 0 Å². The number of aromatic amines is 2. The number of aromatic nitrogens is 4. The van der Waals surface area contributed by atoms with Gasteiger partial charge in [-0.2, -0.15) is 0 Å². The first-order chi connectivity index (χ1) is 45.6. The average Bonchev–Trinajstić information content (AvgIpc) is 1.61. The summed E-state index contributed by atoms with van der Waals surface area (Å²) in [6.07, 6.45) is 8.17. The third-order valence-corrected chi connectivity index (χ3v) is 16.4. The van der Waals surface area contributed by atoms with Crippen molar-refractivity contribution < 1.29 is 33.5 Å². The van der Waals surface area contributed by atoms with E-state index in [0.29, 0.717) is 60.9 Å². The Labute approximate surface area is 549 Å². The Morgan fingerprint density at radius 3 is 0.904 bits per heavy atom. The molecule has 0 saturated carbocycles. The minimum Gasteiger partial charge on any atom is -0.489 e. The number of fused-ring (bicyclic) bond motifs is 8. The molecule has 0 spiro atoms. The molecule has 11 aromatic rings. The first-order valence-corrected chi connectivity index (χ1v) is 31.9. The number of aliphatic hydroxyl groups excluding tert-OH is 1. The van der Waals surface area contributed by atoms with Crippen LogP contribution >= 0.6 is 0 Å². The van der Waals surface area contributed by atoms with Crippen LogP contribution in [-0.2, 0) is 46.2 Å². The molecule has 3 N–H and O–H groups in total. The Balaban J connectivity index is 0.896. The van der Waals surface area contributed by atoms with E-state index in [4.69, 9.17) is 38.4 Å². The number of aryl methyl sites for hydroxylation is 8.